The molecule has 0 radical (unpaired) electrons. The average molecular weight is 419 g/mol. The normalized spacial score (nSPS) is 17.8. The van der Waals surface area contributed by atoms with Crippen molar-refractivity contribution in [3.63, 3.8) is 0 Å². The summed E-state index contributed by atoms with van der Waals surface area (Å²) in [4.78, 5) is 4.12. The Morgan fingerprint density at radius 2 is 2.03 bits per heavy atom. The van der Waals surface area contributed by atoms with Gasteiger partial charge in [-0.1, -0.05) is 44.2 Å². The van der Waals surface area contributed by atoms with Gasteiger partial charge in [0.05, 0.1) is 7.11 Å². The Kier molecular flexibility index (Phi) is 7.53. The van der Waals surface area contributed by atoms with E-state index < -0.39 is 0 Å². The summed E-state index contributed by atoms with van der Waals surface area (Å²) < 4.78 is 19.9. The van der Waals surface area contributed by atoms with Crippen molar-refractivity contribution in [2.24, 2.45) is 17.6 Å². The van der Waals surface area contributed by atoms with Gasteiger partial charge in [0.2, 0.25) is 0 Å². The SMILES string of the molecule is COc1ccc(F)cc1C(C)(CCN)C(Cc1ccnc(Cl)c1)CC1CCCC1. The van der Waals surface area contributed by atoms with Crippen LogP contribution in [0.2, 0.25) is 5.15 Å². The molecule has 3 nitrogen and oxygen atoms in total. The predicted molar refractivity (Wildman–Crippen MR) is 117 cm³/mol. The molecule has 158 valence electrons. The van der Waals surface area contributed by atoms with E-state index in [0.29, 0.717) is 23.5 Å². The van der Waals surface area contributed by atoms with Crippen molar-refractivity contribution in [3.05, 3.63) is 58.6 Å². The molecule has 0 saturated heterocycles. The van der Waals surface area contributed by atoms with Crippen LogP contribution in [-0.2, 0) is 11.8 Å². The molecule has 0 spiro atoms. The van der Waals surface area contributed by atoms with Gasteiger partial charge in [0.25, 0.3) is 0 Å². The van der Waals surface area contributed by atoms with Crippen molar-refractivity contribution >= 4 is 11.6 Å². The molecule has 0 amide bonds. The second-order valence-corrected chi connectivity index (χ2v) is 8.96. The van der Waals surface area contributed by atoms with Crippen molar-refractivity contribution in [1.82, 2.24) is 4.98 Å². The molecule has 1 aliphatic rings. The number of nitrogens with two attached hydrogens (primary N) is 1. The lowest BCUT2D eigenvalue weighted by atomic mass is 9.64. The minimum Gasteiger partial charge on any atom is -0.496 e. The molecule has 0 aliphatic heterocycles. The van der Waals surface area contributed by atoms with Crippen molar-refractivity contribution in [2.45, 2.75) is 57.3 Å². The fourth-order valence-corrected chi connectivity index (χ4v) is 5.25. The van der Waals surface area contributed by atoms with Gasteiger partial charge >= 0.3 is 0 Å². The molecule has 2 aromatic rings. The zero-order chi connectivity index (χ0) is 20.9. The summed E-state index contributed by atoms with van der Waals surface area (Å²) in [5.41, 5.74) is 7.84. The van der Waals surface area contributed by atoms with Crippen LogP contribution in [0.15, 0.2) is 36.5 Å². The van der Waals surface area contributed by atoms with Crippen LogP contribution in [-0.4, -0.2) is 18.6 Å². The molecule has 2 atom stereocenters. The highest BCUT2D eigenvalue weighted by molar-refractivity contribution is 6.29. The Morgan fingerprint density at radius 3 is 2.69 bits per heavy atom. The fraction of sp³-hybridized carbons (Fsp3) is 0.542. The molecule has 1 saturated carbocycles. The minimum atomic E-state index is -0.305. The highest BCUT2D eigenvalue weighted by Crippen LogP contribution is 2.46. The van der Waals surface area contributed by atoms with Crippen LogP contribution in [0.3, 0.4) is 0 Å². The second kappa shape index (κ2) is 9.90. The Morgan fingerprint density at radius 1 is 1.28 bits per heavy atom. The number of aromatic nitrogens is 1. The maximum absolute atomic E-state index is 14.3. The number of methoxy groups -OCH3 is 1. The number of nitrogens with zero attached hydrogens (tertiary/aromatic N) is 1. The van der Waals surface area contributed by atoms with Gasteiger partial charge in [0.1, 0.15) is 16.7 Å². The average Bonchev–Trinajstić information content (AvgIpc) is 3.21. The van der Waals surface area contributed by atoms with E-state index in [1.807, 2.05) is 12.1 Å². The number of rotatable bonds is 9. The molecule has 1 aromatic carbocycles. The Hall–Kier alpha value is -1.65. The first-order valence-electron chi connectivity index (χ1n) is 10.6. The second-order valence-electron chi connectivity index (χ2n) is 8.57. The predicted octanol–water partition coefficient (Wildman–Crippen LogP) is 5.93. The van der Waals surface area contributed by atoms with Crippen LogP contribution in [0.4, 0.5) is 4.39 Å². The Labute approximate surface area is 178 Å². The van der Waals surface area contributed by atoms with Crippen LogP contribution in [0.1, 0.15) is 56.6 Å². The number of halogens is 2. The number of hydrogen-bond donors (Lipinski definition) is 1. The quantitative estimate of drug-likeness (QED) is 0.513. The van der Waals surface area contributed by atoms with Crippen molar-refractivity contribution < 1.29 is 9.13 Å². The molecule has 1 aromatic heterocycles. The highest BCUT2D eigenvalue weighted by atomic mass is 35.5. The van der Waals surface area contributed by atoms with E-state index in [9.17, 15) is 4.39 Å². The lowest BCUT2D eigenvalue weighted by Crippen LogP contribution is -2.37. The third-order valence-electron chi connectivity index (χ3n) is 6.71. The van der Waals surface area contributed by atoms with Crippen molar-refractivity contribution in [1.29, 1.82) is 0 Å². The van der Waals surface area contributed by atoms with Crippen LogP contribution in [0.25, 0.3) is 0 Å². The van der Waals surface area contributed by atoms with Gasteiger partial charge in [-0.15, -0.1) is 0 Å². The molecule has 2 N–H and O–H groups in total. The molecular formula is C24H32ClFN2O. The standard InChI is InChI=1S/C24H32ClFN2O/c1-24(10-11-27,21-16-20(26)7-8-22(21)29-2)19(13-17-5-3-4-6-17)14-18-9-12-28-23(25)15-18/h7-9,12,15-17,19H,3-6,10-11,13-14,27H2,1-2H3. The molecule has 1 heterocycles. The summed E-state index contributed by atoms with van der Waals surface area (Å²) in [6.07, 6.45) is 9.62. The number of hydrogen-bond acceptors (Lipinski definition) is 3. The first-order valence-corrected chi connectivity index (χ1v) is 11.0. The minimum absolute atomic E-state index is 0.240. The van der Waals surface area contributed by atoms with E-state index in [4.69, 9.17) is 22.1 Å². The van der Waals surface area contributed by atoms with Crippen molar-refractivity contribution in [3.8, 4) is 5.75 Å². The van der Waals surface area contributed by atoms with E-state index in [-0.39, 0.29) is 11.2 Å². The Balaban J connectivity index is 2.03. The van der Waals surface area contributed by atoms with Crippen LogP contribution in [0.5, 0.6) is 5.75 Å². The van der Waals surface area contributed by atoms with Crippen LogP contribution < -0.4 is 10.5 Å². The maximum Gasteiger partial charge on any atom is 0.129 e. The van der Waals surface area contributed by atoms with E-state index in [1.165, 1.54) is 31.7 Å². The van der Waals surface area contributed by atoms with Crippen molar-refractivity contribution in [2.75, 3.05) is 13.7 Å². The third-order valence-corrected chi connectivity index (χ3v) is 6.91. The zero-order valence-corrected chi connectivity index (χ0v) is 18.2. The molecule has 1 fully saturated rings. The Bertz CT molecular complexity index is 809. The van der Waals surface area contributed by atoms with E-state index in [1.54, 1.807) is 25.4 Å². The maximum atomic E-state index is 14.3. The topological polar surface area (TPSA) is 48.1 Å². The van der Waals surface area contributed by atoms with Gasteiger partial charge in [-0.05, 0) is 73.5 Å². The number of pyridine rings is 1. The molecule has 1 aliphatic carbocycles. The van der Waals surface area contributed by atoms with E-state index in [2.05, 4.69) is 11.9 Å². The van der Waals surface area contributed by atoms with Gasteiger partial charge < -0.3 is 10.5 Å². The molecule has 3 rings (SSSR count). The van der Waals surface area contributed by atoms with Gasteiger partial charge in [-0.3, -0.25) is 0 Å². The molecule has 0 bridgehead atoms. The number of ether oxygens (including phenoxy) is 1. The molecule has 29 heavy (non-hydrogen) atoms. The summed E-state index contributed by atoms with van der Waals surface area (Å²) in [5.74, 6) is 1.49. The summed E-state index contributed by atoms with van der Waals surface area (Å²) in [6, 6.07) is 8.79. The summed E-state index contributed by atoms with van der Waals surface area (Å²) in [5, 5.41) is 0.506. The monoisotopic (exact) mass is 418 g/mol. The molecule has 5 heteroatoms. The van der Waals surface area contributed by atoms with E-state index in [0.717, 1.165) is 36.1 Å². The molecular weight excluding hydrogens is 387 g/mol. The van der Waals surface area contributed by atoms with Crippen LogP contribution in [0, 0.1) is 17.7 Å². The van der Waals surface area contributed by atoms with Gasteiger partial charge in [0, 0.05) is 17.2 Å². The smallest absolute Gasteiger partial charge is 0.129 e. The first kappa shape index (κ1) is 22.0. The largest absolute Gasteiger partial charge is 0.496 e. The fourth-order valence-electron chi connectivity index (χ4n) is 5.06. The van der Waals surface area contributed by atoms with Gasteiger partial charge in [-0.2, -0.15) is 0 Å². The lowest BCUT2D eigenvalue weighted by Gasteiger charge is -2.40. The zero-order valence-electron chi connectivity index (χ0n) is 17.5. The highest BCUT2D eigenvalue weighted by Gasteiger charge is 2.39. The lowest BCUT2D eigenvalue weighted by molar-refractivity contribution is 0.217. The third kappa shape index (κ3) is 5.29. The van der Waals surface area contributed by atoms with Crippen LogP contribution >= 0.6 is 11.6 Å². The van der Waals surface area contributed by atoms with E-state index >= 15 is 0 Å². The summed E-state index contributed by atoms with van der Waals surface area (Å²) in [7, 11) is 1.65. The first-order chi connectivity index (χ1) is 14.0. The summed E-state index contributed by atoms with van der Waals surface area (Å²) in [6.45, 7) is 2.76. The van der Waals surface area contributed by atoms with Gasteiger partial charge in [0.15, 0.2) is 0 Å². The van der Waals surface area contributed by atoms with Gasteiger partial charge in [-0.25, -0.2) is 9.37 Å². The number of benzene rings is 1. The summed E-state index contributed by atoms with van der Waals surface area (Å²) >= 11 is 6.16. The molecule has 2 unspecified atom stereocenters.